The molecule has 0 aliphatic rings. The summed E-state index contributed by atoms with van der Waals surface area (Å²) in [5.74, 6) is -0.364. The van der Waals surface area contributed by atoms with Crippen LogP contribution in [-0.2, 0) is 13.7 Å². The number of aryl methyl sites for hydroxylation is 2. The van der Waals surface area contributed by atoms with Gasteiger partial charge in [0.15, 0.2) is 0 Å². The van der Waals surface area contributed by atoms with Crippen molar-refractivity contribution in [3.8, 4) is 28.3 Å². The minimum atomic E-state index is -2.77. The van der Waals surface area contributed by atoms with Crippen molar-refractivity contribution in [3.63, 3.8) is 0 Å². The predicted molar refractivity (Wildman–Crippen MR) is 132 cm³/mol. The molecule has 0 unspecified atom stereocenters. The van der Waals surface area contributed by atoms with E-state index in [1.54, 1.807) is 13.0 Å². The average Bonchev–Trinajstić information content (AvgIpc) is 3.18. The third-order valence-electron chi connectivity index (χ3n) is 5.90. The number of alkyl halides is 2. The minimum absolute atomic E-state index is 0.0648. The van der Waals surface area contributed by atoms with Crippen LogP contribution in [0.1, 0.15) is 23.5 Å². The van der Waals surface area contributed by atoms with Crippen LogP contribution in [0.15, 0.2) is 66.7 Å². The van der Waals surface area contributed by atoms with Gasteiger partial charge in [-0.15, -0.1) is 0 Å². The number of nitrogen functional groups attached to an aromatic ring is 1. The molecule has 0 saturated heterocycles. The molecule has 3 heterocycles. The molecule has 5 rings (SSSR count). The zero-order chi connectivity index (χ0) is 25.4. The van der Waals surface area contributed by atoms with Crippen molar-refractivity contribution < 1.29 is 17.9 Å². The molecule has 0 radical (unpaired) electrons. The van der Waals surface area contributed by atoms with Gasteiger partial charge >= 0.3 is 0 Å². The highest BCUT2D eigenvalue weighted by molar-refractivity contribution is 5.85. The number of hydrogen-bond donors (Lipinski definition) is 1. The summed E-state index contributed by atoms with van der Waals surface area (Å²) < 4.78 is 49.0. The van der Waals surface area contributed by atoms with E-state index >= 15 is 0 Å². The highest BCUT2D eigenvalue weighted by Gasteiger charge is 2.22. The van der Waals surface area contributed by atoms with Crippen LogP contribution in [0, 0.1) is 12.7 Å². The van der Waals surface area contributed by atoms with E-state index in [4.69, 9.17) is 10.5 Å². The Bertz CT molecular complexity index is 1560. The first kappa shape index (κ1) is 23.3. The maximum absolute atomic E-state index is 13.6. The fraction of sp³-hybridized carbons (Fsp3) is 0.148. The van der Waals surface area contributed by atoms with Crippen molar-refractivity contribution in [1.29, 1.82) is 0 Å². The zero-order valence-electron chi connectivity index (χ0n) is 19.5. The minimum Gasteiger partial charge on any atom is -0.471 e. The standard InChI is InChI=1S/C27H22F3N5O/c1-15-11-18(13-21(32-15)25(29)30)23-24(16-7-9-19(28)10-8-16)33-27(31)34-26(23)36-14-20-12-17-5-3-4-6-22(17)35(20)2/h3-13,25H,14H2,1-2H3,(H2,31,33,34). The van der Waals surface area contributed by atoms with Crippen molar-refractivity contribution in [2.45, 2.75) is 20.0 Å². The normalized spacial score (nSPS) is 11.4. The summed E-state index contributed by atoms with van der Waals surface area (Å²) in [5, 5.41) is 1.05. The van der Waals surface area contributed by atoms with Crippen LogP contribution in [0.3, 0.4) is 0 Å². The van der Waals surface area contributed by atoms with Crippen LogP contribution in [-0.4, -0.2) is 19.5 Å². The van der Waals surface area contributed by atoms with Gasteiger partial charge in [0.2, 0.25) is 11.8 Å². The van der Waals surface area contributed by atoms with Crippen LogP contribution < -0.4 is 10.5 Å². The number of para-hydroxylation sites is 1. The van der Waals surface area contributed by atoms with E-state index in [0.29, 0.717) is 28.1 Å². The molecule has 2 N–H and O–H groups in total. The van der Waals surface area contributed by atoms with E-state index in [1.165, 1.54) is 30.3 Å². The van der Waals surface area contributed by atoms with E-state index in [9.17, 15) is 13.2 Å². The fourth-order valence-corrected chi connectivity index (χ4v) is 4.22. The number of hydrogen-bond acceptors (Lipinski definition) is 5. The summed E-state index contributed by atoms with van der Waals surface area (Å²) in [7, 11) is 1.93. The van der Waals surface area contributed by atoms with Gasteiger partial charge in [0.25, 0.3) is 6.43 Å². The molecule has 2 aromatic carbocycles. The number of benzene rings is 2. The first-order valence-corrected chi connectivity index (χ1v) is 11.2. The Balaban J connectivity index is 1.66. The predicted octanol–water partition coefficient (Wildman–Crippen LogP) is 6.24. The zero-order valence-corrected chi connectivity index (χ0v) is 19.5. The van der Waals surface area contributed by atoms with E-state index in [2.05, 4.69) is 15.0 Å². The lowest BCUT2D eigenvalue weighted by molar-refractivity contribution is 0.146. The molecule has 0 atom stereocenters. The number of pyridine rings is 1. The number of nitrogens with zero attached hydrogens (tertiary/aromatic N) is 4. The summed E-state index contributed by atoms with van der Waals surface area (Å²) in [6.45, 7) is 1.77. The molecular formula is C27H22F3N5O. The fourth-order valence-electron chi connectivity index (χ4n) is 4.22. The largest absolute Gasteiger partial charge is 0.471 e. The molecule has 3 aromatic heterocycles. The van der Waals surface area contributed by atoms with Gasteiger partial charge < -0.3 is 15.0 Å². The molecule has 5 aromatic rings. The number of aromatic nitrogens is 4. The maximum Gasteiger partial charge on any atom is 0.280 e. The first-order valence-electron chi connectivity index (χ1n) is 11.2. The summed E-state index contributed by atoms with van der Waals surface area (Å²) >= 11 is 0. The number of rotatable bonds is 6. The summed E-state index contributed by atoms with van der Waals surface area (Å²) in [6.07, 6.45) is -2.77. The number of halogens is 3. The molecule has 0 aliphatic heterocycles. The number of fused-ring (bicyclic) bond motifs is 1. The van der Waals surface area contributed by atoms with E-state index in [1.807, 2.05) is 41.9 Å². The Labute approximate surface area is 205 Å². The van der Waals surface area contributed by atoms with Crippen LogP contribution in [0.5, 0.6) is 5.88 Å². The van der Waals surface area contributed by atoms with Crippen molar-refractivity contribution in [2.75, 3.05) is 5.73 Å². The third-order valence-corrected chi connectivity index (χ3v) is 5.90. The summed E-state index contributed by atoms with van der Waals surface area (Å²) in [6, 6.07) is 18.5. The monoisotopic (exact) mass is 489 g/mol. The van der Waals surface area contributed by atoms with Crippen molar-refractivity contribution in [1.82, 2.24) is 19.5 Å². The molecule has 0 spiro atoms. The molecule has 0 amide bonds. The Kier molecular flexibility index (Phi) is 6.05. The average molecular weight is 490 g/mol. The second-order valence-electron chi connectivity index (χ2n) is 8.38. The molecule has 0 saturated carbocycles. The number of anilines is 1. The smallest absolute Gasteiger partial charge is 0.280 e. The van der Waals surface area contributed by atoms with Gasteiger partial charge in [-0.2, -0.15) is 4.98 Å². The molecule has 9 heteroatoms. The number of nitrogens with two attached hydrogens (primary N) is 1. The highest BCUT2D eigenvalue weighted by Crippen LogP contribution is 2.39. The van der Waals surface area contributed by atoms with E-state index in [-0.39, 0.29) is 24.1 Å². The van der Waals surface area contributed by atoms with E-state index in [0.717, 1.165) is 16.6 Å². The molecule has 6 nitrogen and oxygen atoms in total. The summed E-state index contributed by atoms with van der Waals surface area (Å²) in [4.78, 5) is 12.6. The maximum atomic E-state index is 13.6. The Morgan fingerprint density at radius 2 is 1.69 bits per heavy atom. The van der Waals surface area contributed by atoms with Gasteiger partial charge in [0.1, 0.15) is 18.1 Å². The Morgan fingerprint density at radius 1 is 0.944 bits per heavy atom. The van der Waals surface area contributed by atoms with E-state index < -0.39 is 12.2 Å². The van der Waals surface area contributed by atoms with Crippen LogP contribution in [0.4, 0.5) is 19.1 Å². The van der Waals surface area contributed by atoms with Gasteiger partial charge in [-0.05, 0) is 66.4 Å². The highest BCUT2D eigenvalue weighted by atomic mass is 19.3. The van der Waals surface area contributed by atoms with Crippen molar-refractivity contribution in [3.05, 3.63) is 89.6 Å². The lowest BCUT2D eigenvalue weighted by atomic mass is 9.99. The Hall–Kier alpha value is -4.40. The van der Waals surface area contributed by atoms with Gasteiger partial charge in [0, 0.05) is 23.8 Å². The quantitative estimate of drug-likeness (QED) is 0.305. The van der Waals surface area contributed by atoms with Gasteiger partial charge in [-0.3, -0.25) is 4.98 Å². The lowest BCUT2D eigenvalue weighted by Gasteiger charge is -2.17. The first-order chi connectivity index (χ1) is 17.3. The molecule has 0 fully saturated rings. The lowest BCUT2D eigenvalue weighted by Crippen LogP contribution is -2.08. The second kappa shape index (κ2) is 9.33. The third kappa shape index (κ3) is 4.47. The molecule has 0 bridgehead atoms. The van der Waals surface area contributed by atoms with Crippen molar-refractivity contribution >= 4 is 16.9 Å². The van der Waals surface area contributed by atoms with Crippen molar-refractivity contribution in [2.24, 2.45) is 7.05 Å². The van der Waals surface area contributed by atoms with Gasteiger partial charge in [-0.25, -0.2) is 18.2 Å². The van der Waals surface area contributed by atoms with Gasteiger partial charge in [0.05, 0.1) is 17.0 Å². The van der Waals surface area contributed by atoms with Gasteiger partial charge in [-0.1, -0.05) is 18.2 Å². The molecular weight excluding hydrogens is 467 g/mol. The SMILES string of the molecule is Cc1cc(-c2c(OCc3cc4ccccc4n3C)nc(N)nc2-c2ccc(F)cc2)cc(C(F)F)n1. The number of ether oxygens (including phenoxy) is 1. The molecule has 36 heavy (non-hydrogen) atoms. The summed E-state index contributed by atoms with van der Waals surface area (Å²) in [5.41, 5.74) is 9.57. The Morgan fingerprint density at radius 3 is 2.42 bits per heavy atom. The molecule has 182 valence electrons. The molecule has 0 aliphatic carbocycles. The van der Waals surface area contributed by atoms with Crippen LogP contribution in [0.2, 0.25) is 0 Å². The topological polar surface area (TPSA) is 78.9 Å². The van der Waals surface area contributed by atoms with Crippen LogP contribution in [0.25, 0.3) is 33.3 Å². The van der Waals surface area contributed by atoms with Crippen LogP contribution >= 0.6 is 0 Å². The second-order valence-corrected chi connectivity index (χ2v) is 8.38.